The summed E-state index contributed by atoms with van der Waals surface area (Å²) in [4.78, 5) is 13.7. The lowest BCUT2D eigenvalue weighted by molar-refractivity contribution is 0.823. The van der Waals surface area contributed by atoms with Crippen LogP contribution in [-0.4, -0.2) is 9.13 Å². The standard InChI is InChI=1S/C24H20Br2N2O/c1-2-6-22-23(17-7-4-3-5-8-17)28(21-15-11-19(26)12-16-21)24(29)27(22)20-13-9-18(25)10-14-20/h3-5,7-16H,2,6H2,1H3. The maximum absolute atomic E-state index is 13.7. The zero-order valence-electron chi connectivity index (χ0n) is 16.0. The minimum absolute atomic E-state index is 0.0584. The van der Waals surface area contributed by atoms with Crippen molar-refractivity contribution in [2.75, 3.05) is 0 Å². The van der Waals surface area contributed by atoms with Gasteiger partial charge in [0.15, 0.2) is 0 Å². The summed E-state index contributed by atoms with van der Waals surface area (Å²) >= 11 is 6.98. The van der Waals surface area contributed by atoms with E-state index in [-0.39, 0.29) is 5.69 Å². The van der Waals surface area contributed by atoms with Crippen molar-refractivity contribution in [1.82, 2.24) is 9.13 Å². The Morgan fingerprint density at radius 3 is 1.76 bits per heavy atom. The topological polar surface area (TPSA) is 26.9 Å². The molecule has 3 nitrogen and oxygen atoms in total. The van der Waals surface area contributed by atoms with Crippen LogP contribution in [-0.2, 0) is 6.42 Å². The van der Waals surface area contributed by atoms with E-state index in [0.717, 1.165) is 50.1 Å². The van der Waals surface area contributed by atoms with Gasteiger partial charge >= 0.3 is 5.69 Å². The maximum atomic E-state index is 13.7. The van der Waals surface area contributed by atoms with Gasteiger partial charge in [-0.05, 0) is 55.0 Å². The van der Waals surface area contributed by atoms with Crippen molar-refractivity contribution in [3.05, 3.63) is 104 Å². The van der Waals surface area contributed by atoms with Crippen molar-refractivity contribution < 1.29 is 0 Å². The molecule has 0 aliphatic carbocycles. The minimum Gasteiger partial charge on any atom is -0.264 e. The molecule has 29 heavy (non-hydrogen) atoms. The van der Waals surface area contributed by atoms with Gasteiger partial charge in [-0.25, -0.2) is 4.79 Å². The second-order valence-electron chi connectivity index (χ2n) is 6.82. The molecule has 146 valence electrons. The molecule has 0 unspecified atom stereocenters. The third-order valence-electron chi connectivity index (χ3n) is 4.85. The zero-order valence-corrected chi connectivity index (χ0v) is 19.2. The average Bonchev–Trinajstić information content (AvgIpc) is 3.02. The van der Waals surface area contributed by atoms with Crippen molar-refractivity contribution in [2.24, 2.45) is 0 Å². The molecule has 0 saturated carbocycles. The van der Waals surface area contributed by atoms with Gasteiger partial charge in [0, 0.05) is 14.5 Å². The molecule has 0 spiro atoms. The highest BCUT2D eigenvalue weighted by Gasteiger charge is 2.22. The SMILES string of the molecule is CCCc1c(-c2ccccc2)n(-c2ccc(Br)cc2)c(=O)n1-c1ccc(Br)cc1. The molecule has 1 heterocycles. The van der Waals surface area contributed by atoms with Crippen LogP contribution in [0.3, 0.4) is 0 Å². The number of rotatable bonds is 5. The Labute approximate surface area is 186 Å². The number of benzene rings is 3. The fourth-order valence-corrected chi connectivity index (χ4v) is 4.12. The molecular weight excluding hydrogens is 492 g/mol. The van der Waals surface area contributed by atoms with E-state index >= 15 is 0 Å². The van der Waals surface area contributed by atoms with Gasteiger partial charge in [0.25, 0.3) is 0 Å². The van der Waals surface area contributed by atoms with Crippen molar-refractivity contribution in [1.29, 1.82) is 0 Å². The molecule has 0 aliphatic rings. The van der Waals surface area contributed by atoms with Crippen LogP contribution in [0.15, 0.2) is 92.6 Å². The molecule has 4 rings (SSSR count). The Kier molecular flexibility index (Phi) is 5.88. The van der Waals surface area contributed by atoms with Gasteiger partial charge in [-0.15, -0.1) is 0 Å². The summed E-state index contributed by atoms with van der Waals surface area (Å²) in [6.07, 6.45) is 1.75. The van der Waals surface area contributed by atoms with Crippen LogP contribution in [0.1, 0.15) is 19.0 Å². The molecule has 0 amide bonds. The lowest BCUT2D eigenvalue weighted by atomic mass is 10.1. The van der Waals surface area contributed by atoms with Crippen molar-refractivity contribution in [2.45, 2.75) is 19.8 Å². The van der Waals surface area contributed by atoms with Crippen LogP contribution in [0.5, 0.6) is 0 Å². The first-order chi connectivity index (χ1) is 14.1. The van der Waals surface area contributed by atoms with E-state index < -0.39 is 0 Å². The van der Waals surface area contributed by atoms with Crippen LogP contribution < -0.4 is 5.69 Å². The van der Waals surface area contributed by atoms with Crippen LogP contribution in [0, 0.1) is 0 Å². The predicted molar refractivity (Wildman–Crippen MR) is 126 cm³/mol. The Hall–Kier alpha value is -2.37. The van der Waals surface area contributed by atoms with Gasteiger partial charge in [-0.3, -0.25) is 9.13 Å². The number of hydrogen-bond donors (Lipinski definition) is 0. The maximum Gasteiger partial charge on any atom is 0.338 e. The summed E-state index contributed by atoms with van der Waals surface area (Å²) in [7, 11) is 0. The van der Waals surface area contributed by atoms with E-state index in [4.69, 9.17) is 0 Å². The number of halogens is 2. The first-order valence-corrected chi connectivity index (χ1v) is 11.1. The Balaban J connectivity index is 2.08. The molecule has 4 aromatic rings. The number of hydrogen-bond acceptors (Lipinski definition) is 1. The van der Waals surface area contributed by atoms with E-state index in [1.54, 1.807) is 0 Å². The van der Waals surface area contributed by atoms with Crippen molar-refractivity contribution in [3.63, 3.8) is 0 Å². The molecule has 0 radical (unpaired) electrons. The van der Waals surface area contributed by atoms with Gasteiger partial charge in [0.1, 0.15) is 0 Å². The van der Waals surface area contributed by atoms with Gasteiger partial charge in [-0.2, -0.15) is 0 Å². The molecule has 3 aromatic carbocycles. The molecule has 0 aliphatic heterocycles. The van der Waals surface area contributed by atoms with Crippen LogP contribution in [0.25, 0.3) is 22.6 Å². The largest absolute Gasteiger partial charge is 0.338 e. The Morgan fingerprint density at radius 2 is 1.24 bits per heavy atom. The van der Waals surface area contributed by atoms with Gasteiger partial charge in [-0.1, -0.05) is 75.5 Å². The number of nitrogens with zero attached hydrogens (tertiary/aromatic N) is 2. The summed E-state index contributed by atoms with van der Waals surface area (Å²) in [6.45, 7) is 2.14. The first-order valence-electron chi connectivity index (χ1n) is 9.54. The summed E-state index contributed by atoms with van der Waals surface area (Å²) in [5.74, 6) is 0. The summed E-state index contributed by atoms with van der Waals surface area (Å²) in [6, 6.07) is 25.9. The molecule has 5 heteroatoms. The summed E-state index contributed by atoms with van der Waals surface area (Å²) in [5.41, 5.74) is 4.67. The molecule has 0 bridgehead atoms. The smallest absolute Gasteiger partial charge is 0.264 e. The van der Waals surface area contributed by atoms with Crippen molar-refractivity contribution in [3.8, 4) is 22.6 Å². The first kappa shape index (κ1) is 19.9. The van der Waals surface area contributed by atoms with Gasteiger partial charge in [0.05, 0.1) is 22.8 Å². The summed E-state index contributed by atoms with van der Waals surface area (Å²) < 4.78 is 5.65. The van der Waals surface area contributed by atoms with Crippen LogP contribution >= 0.6 is 31.9 Å². The molecular formula is C24H20Br2N2O. The molecule has 0 fully saturated rings. The van der Waals surface area contributed by atoms with Gasteiger partial charge in [0.2, 0.25) is 0 Å². The van der Waals surface area contributed by atoms with E-state index in [9.17, 15) is 4.79 Å². The number of imidazole rings is 1. The van der Waals surface area contributed by atoms with E-state index in [1.165, 1.54) is 0 Å². The highest BCUT2D eigenvalue weighted by molar-refractivity contribution is 9.10. The highest BCUT2D eigenvalue weighted by Crippen LogP contribution is 2.29. The van der Waals surface area contributed by atoms with E-state index in [2.05, 4.69) is 50.9 Å². The lowest BCUT2D eigenvalue weighted by Crippen LogP contribution is -2.23. The minimum atomic E-state index is -0.0584. The molecule has 1 aromatic heterocycles. The monoisotopic (exact) mass is 510 g/mol. The lowest BCUT2D eigenvalue weighted by Gasteiger charge is -2.11. The third-order valence-corrected chi connectivity index (χ3v) is 5.91. The Bertz CT molecular complexity index is 1170. The predicted octanol–water partition coefficient (Wildman–Crippen LogP) is 6.77. The third kappa shape index (κ3) is 3.89. The summed E-state index contributed by atoms with van der Waals surface area (Å²) in [5, 5.41) is 0. The molecule has 0 saturated heterocycles. The van der Waals surface area contributed by atoms with Crippen LogP contribution in [0.2, 0.25) is 0 Å². The molecule has 0 atom stereocenters. The van der Waals surface area contributed by atoms with Crippen molar-refractivity contribution >= 4 is 31.9 Å². The normalized spacial score (nSPS) is 11.0. The Morgan fingerprint density at radius 1 is 0.724 bits per heavy atom. The zero-order chi connectivity index (χ0) is 20.4. The second kappa shape index (κ2) is 8.56. The number of aromatic nitrogens is 2. The molecule has 0 N–H and O–H groups in total. The van der Waals surface area contributed by atoms with Gasteiger partial charge < -0.3 is 0 Å². The highest BCUT2D eigenvalue weighted by atomic mass is 79.9. The van der Waals surface area contributed by atoms with E-state index in [0.29, 0.717) is 0 Å². The van der Waals surface area contributed by atoms with E-state index in [1.807, 2.05) is 75.9 Å². The average molecular weight is 512 g/mol. The van der Waals surface area contributed by atoms with Crippen LogP contribution in [0.4, 0.5) is 0 Å². The fraction of sp³-hybridized carbons (Fsp3) is 0.125. The quantitative estimate of drug-likeness (QED) is 0.290. The second-order valence-corrected chi connectivity index (χ2v) is 8.65. The fourth-order valence-electron chi connectivity index (χ4n) is 3.59.